The lowest BCUT2D eigenvalue weighted by Gasteiger charge is -2.17. The molecule has 2 N–H and O–H groups in total. The van der Waals surface area contributed by atoms with Gasteiger partial charge in [0.2, 0.25) is 17.7 Å². The Morgan fingerprint density at radius 3 is 2.21 bits per heavy atom. The summed E-state index contributed by atoms with van der Waals surface area (Å²) < 4.78 is 10.7. The number of ketones is 1. The Bertz CT molecular complexity index is 692. The summed E-state index contributed by atoms with van der Waals surface area (Å²) in [6.45, 7) is 11.7. The zero-order valence-electron chi connectivity index (χ0n) is 20.8. The van der Waals surface area contributed by atoms with Gasteiger partial charge in [0.15, 0.2) is 0 Å². The van der Waals surface area contributed by atoms with E-state index >= 15 is 0 Å². The van der Waals surface area contributed by atoms with Crippen molar-refractivity contribution >= 4 is 29.5 Å². The van der Waals surface area contributed by atoms with Crippen LogP contribution in [0.15, 0.2) is 12.7 Å². The number of aliphatic carboxylic acids is 1. The topological polar surface area (TPSA) is 139 Å². The Kier molecular flexibility index (Phi) is 16.5. The monoisotopic (exact) mass is 484 g/mol. The molecule has 1 rings (SSSR count). The molecule has 1 fully saturated rings. The number of carboxylic acids is 1. The molecule has 1 aliphatic heterocycles. The van der Waals surface area contributed by atoms with Gasteiger partial charge in [-0.1, -0.05) is 26.8 Å². The molecule has 0 aromatic heterocycles. The van der Waals surface area contributed by atoms with Crippen LogP contribution < -0.4 is 5.32 Å². The summed E-state index contributed by atoms with van der Waals surface area (Å²) >= 11 is 0. The summed E-state index contributed by atoms with van der Waals surface area (Å²) in [6, 6.07) is -0.918. The highest BCUT2D eigenvalue weighted by atomic mass is 16.5. The van der Waals surface area contributed by atoms with E-state index in [0.29, 0.717) is 26.1 Å². The van der Waals surface area contributed by atoms with Crippen molar-refractivity contribution in [1.82, 2.24) is 10.2 Å². The van der Waals surface area contributed by atoms with Gasteiger partial charge in [-0.2, -0.15) is 0 Å². The largest absolute Gasteiger partial charge is 0.480 e. The van der Waals surface area contributed by atoms with E-state index in [1.54, 1.807) is 26.8 Å². The zero-order chi connectivity index (χ0) is 26.1. The molecule has 0 saturated carbocycles. The SMILES string of the molecule is C=CC.CC1CC(=O)N(CCC(=O)CCCOCCOCCC(=O)NC(C(=O)O)C(C)C)C1=O. The molecule has 0 bridgehead atoms. The number of hydrogen-bond donors (Lipinski definition) is 2. The van der Waals surface area contributed by atoms with Crippen LogP contribution in [0.4, 0.5) is 0 Å². The Morgan fingerprint density at radius 1 is 1.12 bits per heavy atom. The normalized spacial score (nSPS) is 16.1. The molecule has 1 saturated heterocycles. The van der Waals surface area contributed by atoms with E-state index in [1.807, 2.05) is 6.92 Å². The zero-order valence-corrected chi connectivity index (χ0v) is 20.8. The highest BCUT2D eigenvalue weighted by molar-refractivity contribution is 6.03. The first kappa shape index (κ1) is 31.4. The lowest BCUT2D eigenvalue weighted by atomic mass is 10.0. The number of carbonyl (C=O) groups is 5. The minimum absolute atomic E-state index is 0.0212. The van der Waals surface area contributed by atoms with Gasteiger partial charge in [-0.25, -0.2) is 4.79 Å². The van der Waals surface area contributed by atoms with Gasteiger partial charge < -0.3 is 19.9 Å². The number of ether oxygens (including phenoxy) is 2. The molecule has 10 nitrogen and oxygen atoms in total. The number of carbonyl (C=O) groups excluding carboxylic acids is 4. The first-order valence-corrected chi connectivity index (χ1v) is 11.7. The van der Waals surface area contributed by atoms with Gasteiger partial charge in [-0.15, -0.1) is 6.58 Å². The molecule has 3 amide bonds. The second kappa shape index (κ2) is 17.8. The predicted octanol–water partition coefficient (Wildman–Crippen LogP) is 1.96. The molecule has 0 spiro atoms. The molecule has 2 unspecified atom stereocenters. The van der Waals surface area contributed by atoms with Crippen LogP contribution in [0.25, 0.3) is 0 Å². The minimum Gasteiger partial charge on any atom is -0.480 e. The quantitative estimate of drug-likeness (QED) is 0.193. The van der Waals surface area contributed by atoms with Gasteiger partial charge in [-0.3, -0.25) is 24.1 Å². The van der Waals surface area contributed by atoms with E-state index in [9.17, 15) is 24.0 Å². The van der Waals surface area contributed by atoms with Crippen molar-refractivity contribution in [2.75, 3.05) is 33.0 Å². The van der Waals surface area contributed by atoms with Crippen LogP contribution in [0.2, 0.25) is 0 Å². The molecule has 0 aliphatic carbocycles. The van der Waals surface area contributed by atoms with E-state index in [1.165, 1.54) is 4.90 Å². The summed E-state index contributed by atoms with van der Waals surface area (Å²) in [6.07, 6.45) is 3.04. The van der Waals surface area contributed by atoms with Gasteiger partial charge in [-0.05, 0) is 19.3 Å². The van der Waals surface area contributed by atoms with Crippen molar-refractivity contribution < 1.29 is 38.6 Å². The number of allylic oxidation sites excluding steroid dienone is 1. The molecule has 2 atom stereocenters. The van der Waals surface area contributed by atoms with Crippen molar-refractivity contribution in [3.8, 4) is 0 Å². The van der Waals surface area contributed by atoms with Crippen molar-refractivity contribution in [1.29, 1.82) is 0 Å². The van der Waals surface area contributed by atoms with E-state index in [0.717, 1.165) is 0 Å². The predicted molar refractivity (Wildman–Crippen MR) is 126 cm³/mol. The molecule has 1 aliphatic rings. The molecule has 194 valence electrons. The van der Waals surface area contributed by atoms with Crippen LogP contribution in [0.1, 0.15) is 59.8 Å². The van der Waals surface area contributed by atoms with Crippen molar-refractivity contribution in [3.05, 3.63) is 12.7 Å². The van der Waals surface area contributed by atoms with E-state index in [2.05, 4.69) is 11.9 Å². The number of imide groups is 1. The van der Waals surface area contributed by atoms with Crippen LogP contribution in [0.3, 0.4) is 0 Å². The highest BCUT2D eigenvalue weighted by Crippen LogP contribution is 2.18. The Hall–Kier alpha value is -2.59. The smallest absolute Gasteiger partial charge is 0.326 e. The fraction of sp³-hybridized carbons (Fsp3) is 0.708. The van der Waals surface area contributed by atoms with Crippen LogP contribution in [-0.2, 0) is 33.4 Å². The number of carboxylic acid groups (broad SMARTS) is 1. The van der Waals surface area contributed by atoms with Crippen LogP contribution in [-0.4, -0.2) is 78.5 Å². The Morgan fingerprint density at radius 2 is 1.71 bits per heavy atom. The maximum absolute atomic E-state index is 11.9. The summed E-state index contributed by atoms with van der Waals surface area (Å²) in [5.41, 5.74) is 0. The number of nitrogens with zero attached hydrogens (tertiary/aromatic N) is 1. The molecule has 10 heteroatoms. The standard InChI is InChI=1S/C21H34N2O8.C3H6/c1-14(2)19(21(28)29)22-17(25)7-10-31-12-11-30-9-4-5-16(24)6-8-23-18(26)13-15(3)20(23)27;1-3-2/h14-15,19H,4-13H2,1-3H3,(H,22,25)(H,28,29);3H,1H2,2H3. The highest BCUT2D eigenvalue weighted by Gasteiger charge is 2.35. The summed E-state index contributed by atoms with van der Waals surface area (Å²) in [7, 11) is 0. The van der Waals surface area contributed by atoms with Gasteiger partial charge in [0.05, 0.1) is 19.8 Å². The summed E-state index contributed by atoms with van der Waals surface area (Å²) in [4.78, 5) is 59.3. The Labute approximate surface area is 202 Å². The van der Waals surface area contributed by atoms with E-state index in [-0.39, 0.29) is 74.4 Å². The second-order valence-corrected chi connectivity index (χ2v) is 8.39. The molecule has 0 radical (unpaired) electrons. The van der Waals surface area contributed by atoms with E-state index in [4.69, 9.17) is 14.6 Å². The first-order chi connectivity index (χ1) is 16.0. The lowest BCUT2D eigenvalue weighted by molar-refractivity contribution is -0.143. The number of Topliss-reactive ketones (excluding diaryl/α,β-unsaturated/α-hetero) is 1. The van der Waals surface area contributed by atoms with Crippen molar-refractivity contribution in [3.63, 3.8) is 0 Å². The molecule has 0 aromatic carbocycles. The van der Waals surface area contributed by atoms with Gasteiger partial charge in [0.25, 0.3) is 0 Å². The molecular weight excluding hydrogens is 444 g/mol. The third kappa shape index (κ3) is 13.2. The van der Waals surface area contributed by atoms with Gasteiger partial charge in [0, 0.05) is 44.8 Å². The lowest BCUT2D eigenvalue weighted by Crippen LogP contribution is -2.44. The maximum atomic E-state index is 11.9. The maximum Gasteiger partial charge on any atom is 0.326 e. The minimum atomic E-state index is -1.07. The molecular formula is C24H40N2O8. The number of amides is 3. The van der Waals surface area contributed by atoms with Gasteiger partial charge >= 0.3 is 5.97 Å². The van der Waals surface area contributed by atoms with Crippen LogP contribution in [0.5, 0.6) is 0 Å². The number of rotatable bonds is 16. The van der Waals surface area contributed by atoms with Crippen LogP contribution in [0, 0.1) is 11.8 Å². The van der Waals surface area contributed by atoms with E-state index < -0.39 is 12.0 Å². The average Bonchev–Trinajstić information content (AvgIpc) is 3.00. The summed E-state index contributed by atoms with van der Waals surface area (Å²) in [5.74, 6) is -2.40. The number of likely N-dealkylation sites (tertiary alicyclic amines) is 1. The third-order valence-electron chi connectivity index (χ3n) is 4.92. The van der Waals surface area contributed by atoms with Crippen LogP contribution >= 0.6 is 0 Å². The molecule has 34 heavy (non-hydrogen) atoms. The van der Waals surface area contributed by atoms with Gasteiger partial charge in [0.1, 0.15) is 11.8 Å². The van der Waals surface area contributed by atoms with Crippen molar-refractivity contribution in [2.24, 2.45) is 11.8 Å². The second-order valence-electron chi connectivity index (χ2n) is 8.39. The summed E-state index contributed by atoms with van der Waals surface area (Å²) in [5, 5.41) is 11.5. The average molecular weight is 485 g/mol. The number of hydrogen-bond acceptors (Lipinski definition) is 7. The molecule has 0 aromatic rings. The third-order valence-corrected chi connectivity index (χ3v) is 4.92. The Balaban J connectivity index is 0.00000343. The fourth-order valence-corrected chi connectivity index (χ4v) is 3.06. The van der Waals surface area contributed by atoms with Crippen molar-refractivity contribution in [2.45, 2.75) is 65.8 Å². The number of nitrogens with one attached hydrogen (secondary N) is 1. The fourth-order valence-electron chi connectivity index (χ4n) is 3.06. The first-order valence-electron chi connectivity index (χ1n) is 11.7. The molecule has 1 heterocycles.